The van der Waals surface area contributed by atoms with Crippen LogP contribution < -0.4 is 15.5 Å². The zero-order valence-corrected chi connectivity index (χ0v) is 18.4. The van der Waals surface area contributed by atoms with Gasteiger partial charge in [0.25, 0.3) is 0 Å². The lowest BCUT2D eigenvalue weighted by Gasteiger charge is -2.36. The number of aryl methyl sites for hydroxylation is 1. The lowest BCUT2D eigenvalue weighted by Crippen LogP contribution is -2.50. The molecule has 0 unspecified atom stereocenters. The van der Waals surface area contributed by atoms with E-state index in [1.165, 1.54) is 0 Å². The van der Waals surface area contributed by atoms with Crippen LogP contribution in [0.4, 0.5) is 21.4 Å². The summed E-state index contributed by atoms with van der Waals surface area (Å²) in [4.78, 5) is 41.1. The number of nitrogens with zero attached hydrogens (tertiary/aromatic N) is 7. The summed E-state index contributed by atoms with van der Waals surface area (Å²) < 4.78 is 7.00. The number of rotatable bonds is 3. The first-order chi connectivity index (χ1) is 14.6. The van der Waals surface area contributed by atoms with Gasteiger partial charge in [0, 0.05) is 39.8 Å². The van der Waals surface area contributed by atoms with Crippen LogP contribution in [0.1, 0.15) is 33.5 Å². The Labute approximate surface area is 180 Å². The third-order valence-corrected chi connectivity index (χ3v) is 4.59. The molecule has 3 heterocycles. The highest BCUT2D eigenvalue weighted by Crippen LogP contribution is 2.26. The summed E-state index contributed by atoms with van der Waals surface area (Å²) in [7, 11) is 1.68. The second kappa shape index (κ2) is 8.63. The first-order valence-electron chi connectivity index (χ1n) is 10.0. The van der Waals surface area contributed by atoms with Crippen molar-refractivity contribution in [1.82, 2.24) is 29.7 Å². The van der Waals surface area contributed by atoms with E-state index in [0.29, 0.717) is 49.7 Å². The van der Waals surface area contributed by atoms with E-state index in [9.17, 15) is 14.9 Å². The Morgan fingerprint density at radius 3 is 2.42 bits per heavy atom. The summed E-state index contributed by atoms with van der Waals surface area (Å²) in [6.07, 6.45) is -0.358. The van der Waals surface area contributed by atoms with Crippen molar-refractivity contribution in [3.63, 3.8) is 0 Å². The molecular formula is C19H27N9O3. The third kappa shape index (κ3) is 4.93. The predicted molar refractivity (Wildman–Crippen MR) is 114 cm³/mol. The molecule has 3 rings (SSSR count). The van der Waals surface area contributed by atoms with Gasteiger partial charge in [0.2, 0.25) is 11.8 Å². The summed E-state index contributed by atoms with van der Waals surface area (Å²) in [6, 6.07) is 1.61. The second-order valence-electron chi connectivity index (χ2n) is 8.09. The van der Waals surface area contributed by atoms with Crippen molar-refractivity contribution in [2.75, 3.05) is 42.9 Å². The monoisotopic (exact) mass is 429 g/mol. The highest BCUT2D eigenvalue weighted by atomic mass is 16.6. The van der Waals surface area contributed by atoms with Gasteiger partial charge < -0.3 is 24.4 Å². The van der Waals surface area contributed by atoms with E-state index in [4.69, 9.17) is 4.74 Å². The lowest BCUT2D eigenvalue weighted by molar-refractivity contribution is 0.0240. The molecule has 0 radical (unpaired) electrons. The molecule has 2 aromatic rings. The van der Waals surface area contributed by atoms with Gasteiger partial charge in [-0.25, -0.2) is 14.6 Å². The summed E-state index contributed by atoms with van der Waals surface area (Å²) in [6.45, 7) is 9.61. The molecule has 2 N–H and O–H groups in total. The topological polar surface area (TPSA) is 141 Å². The number of amides is 3. The van der Waals surface area contributed by atoms with Crippen molar-refractivity contribution in [2.45, 2.75) is 33.3 Å². The molecule has 0 spiro atoms. The molecule has 2 aromatic heterocycles. The summed E-state index contributed by atoms with van der Waals surface area (Å²) in [5.74, 6) is 0.793. The van der Waals surface area contributed by atoms with Crippen LogP contribution in [0.15, 0.2) is 0 Å². The molecule has 0 bridgehead atoms. The molecular weight excluding hydrogens is 402 g/mol. The predicted octanol–water partition coefficient (Wildman–Crippen LogP) is 1.43. The standard InChI is InChI=1S/C19H27N9O3/c1-6-21-17(29)25-16-23-14-13(22-12(11-20)26(14)5)15(24-16)27-7-9-28(10-8-27)18(30)31-19(2,3)4/h6-10H2,1-5H3,(H2,21,23,24,25,29). The Hall–Kier alpha value is -3.62. The number of ether oxygens (including phenoxy) is 1. The van der Waals surface area contributed by atoms with Crippen LogP contribution in [0, 0.1) is 11.3 Å². The minimum absolute atomic E-state index is 0.107. The quantitative estimate of drug-likeness (QED) is 0.746. The molecule has 166 valence electrons. The van der Waals surface area contributed by atoms with Crippen molar-refractivity contribution in [3.8, 4) is 6.07 Å². The summed E-state index contributed by atoms with van der Waals surface area (Å²) in [5, 5.41) is 14.6. The van der Waals surface area contributed by atoms with E-state index >= 15 is 0 Å². The minimum Gasteiger partial charge on any atom is -0.444 e. The second-order valence-corrected chi connectivity index (χ2v) is 8.09. The molecule has 0 atom stereocenters. The van der Waals surface area contributed by atoms with Gasteiger partial charge in [-0.2, -0.15) is 15.2 Å². The van der Waals surface area contributed by atoms with Gasteiger partial charge in [-0.15, -0.1) is 0 Å². The van der Waals surface area contributed by atoms with Crippen LogP contribution in [-0.4, -0.2) is 74.9 Å². The minimum atomic E-state index is -0.561. The fourth-order valence-electron chi connectivity index (χ4n) is 3.16. The van der Waals surface area contributed by atoms with Gasteiger partial charge in [0.05, 0.1) is 0 Å². The molecule has 3 amide bonds. The van der Waals surface area contributed by atoms with Gasteiger partial charge in [0.15, 0.2) is 17.0 Å². The molecule has 0 saturated carbocycles. The molecule has 12 heteroatoms. The smallest absolute Gasteiger partial charge is 0.410 e. The lowest BCUT2D eigenvalue weighted by atomic mass is 10.2. The average molecular weight is 429 g/mol. The number of fused-ring (bicyclic) bond motifs is 1. The Kier molecular flexibility index (Phi) is 6.14. The van der Waals surface area contributed by atoms with Crippen LogP contribution in [-0.2, 0) is 11.8 Å². The molecule has 0 aliphatic carbocycles. The summed E-state index contributed by atoms with van der Waals surface area (Å²) in [5.41, 5.74) is 0.336. The van der Waals surface area contributed by atoms with E-state index in [-0.39, 0.29) is 17.9 Å². The van der Waals surface area contributed by atoms with Gasteiger partial charge in [0.1, 0.15) is 11.7 Å². The largest absolute Gasteiger partial charge is 0.444 e. The van der Waals surface area contributed by atoms with Crippen molar-refractivity contribution in [2.24, 2.45) is 7.05 Å². The molecule has 1 aliphatic rings. The number of hydrogen-bond acceptors (Lipinski definition) is 8. The highest BCUT2D eigenvalue weighted by molar-refractivity contribution is 5.91. The molecule has 12 nitrogen and oxygen atoms in total. The number of aromatic nitrogens is 4. The molecule has 1 fully saturated rings. The zero-order valence-electron chi connectivity index (χ0n) is 18.4. The van der Waals surface area contributed by atoms with Crippen LogP contribution in [0.25, 0.3) is 11.2 Å². The molecule has 0 aromatic carbocycles. The average Bonchev–Trinajstić information content (AvgIpc) is 3.02. The maximum absolute atomic E-state index is 12.3. The summed E-state index contributed by atoms with van der Waals surface area (Å²) >= 11 is 0. The van der Waals surface area contributed by atoms with E-state index in [1.54, 1.807) is 23.4 Å². The number of carbonyl (C=O) groups is 2. The van der Waals surface area contributed by atoms with Crippen LogP contribution in [0.2, 0.25) is 0 Å². The van der Waals surface area contributed by atoms with Crippen molar-refractivity contribution in [1.29, 1.82) is 5.26 Å². The van der Waals surface area contributed by atoms with Gasteiger partial charge >= 0.3 is 12.1 Å². The van der Waals surface area contributed by atoms with E-state index in [0.717, 1.165) is 0 Å². The third-order valence-electron chi connectivity index (χ3n) is 4.59. The number of imidazole rings is 1. The normalized spacial score (nSPS) is 14.3. The molecule has 1 aliphatic heterocycles. The van der Waals surface area contributed by atoms with Gasteiger partial charge in [-0.05, 0) is 27.7 Å². The number of urea groups is 1. The maximum Gasteiger partial charge on any atom is 0.410 e. The van der Waals surface area contributed by atoms with Crippen molar-refractivity contribution >= 4 is 35.1 Å². The Bertz CT molecular complexity index is 1030. The Balaban J connectivity index is 1.88. The highest BCUT2D eigenvalue weighted by Gasteiger charge is 2.28. The number of nitrogens with one attached hydrogen (secondary N) is 2. The Morgan fingerprint density at radius 1 is 1.16 bits per heavy atom. The van der Waals surface area contributed by atoms with Crippen molar-refractivity contribution in [3.05, 3.63) is 5.82 Å². The maximum atomic E-state index is 12.3. The molecule has 31 heavy (non-hydrogen) atoms. The van der Waals surface area contributed by atoms with Crippen molar-refractivity contribution < 1.29 is 14.3 Å². The SMILES string of the molecule is CCNC(=O)Nc1nc(N2CCN(C(=O)OC(C)(C)C)CC2)c2nc(C#N)n(C)c2n1. The van der Waals surface area contributed by atoms with E-state index < -0.39 is 11.6 Å². The first-order valence-corrected chi connectivity index (χ1v) is 10.0. The fraction of sp³-hybridized carbons (Fsp3) is 0.579. The number of nitriles is 1. The van der Waals surface area contributed by atoms with Gasteiger partial charge in [-0.1, -0.05) is 0 Å². The number of carbonyl (C=O) groups excluding carboxylic acids is 2. The molecule has 1 saturated heterocycles. The van der Waals surface area contributed by atoms with E-state index in [2.05, 4.69) is 25.6 Å². The number of hydrogen-bond donors (Lipinski definition) is 2. The van der Waals surface area contributed by atoms with Crippen LogP contribution in [0.5, 0.6) is 0 Å². The Morgan fingerprint density at radius 2 is 1.84 bits per heavy atom. The fourth-order valence-corrected chi connectivity index (χ4v) is 3.16. The van der Waals surface area contributed by atoms with E-state index in [1.807, 2.05) is 31.7 Å². The van der Waals surface area contributed by atoms with Crippen LogP contribution in [0.3, 0.4) is 0 Å². The van der Waals surface area contributed by atoms with Gasteiger partial charge in [-0.3, -0.25) is 5.32 Å². The zero-order chi connectivity index (χ0) is 22.8. The first kappa shape index (κ1) is 22.1. The van der Waals surface area contributed by atoms with Crippen LogP contribution >= 0.6 is 0 Å². The number of anilines is 2. The number of piperazine rings is 1.